The van der Waals surface area contributed by atoms with Crippen molar-refractivity contribution in [3.63, 3.8) is 0 Å². The SMILES string of the molecule is CC(OC(=O)C1CCN(C(=O)Nc2ccccc2)CC1)C(=O)c1ccc(F)c(F)c1. The Morgan fingerprint density at radius 1 is 1.03 bits per heavy atom. The molecular formula is C22H22F2N2O4. The first-order valence-electron chi connectivity index (χ1n) is 9.66. The molecule has 1 atom stereocenters. The van der Waals surface area contributed by atoms with Crippen molar-refractivity contribution >= 4 is 23.5 Å². The molecule has 3 rings (SSSR count). The number of para-hydroxylation sites is 1. The van der Waals surface area contributed by atoms with Crippen LogP contribution in [0.4, 0.5) is 19.3 Å². The van der Waals surface area contributed by atoms with E-state index in [1.54, 1.807) is 17.0 Å². The molecule has 158 valence electrons. The summed E-state index contributed by atoms with van der Waals surface area (Å²) < 4.78 is 31.6. The van der Waals surface area contributed by atoms with E-state index >= 15 is 0 Å². The molecule has 1 fully saturated rings. The number of benzene rings is 2. The van der Waals surface area contributed by atoms with E-state index < -0.39 is 35.4 Å². The Morgan fingerprint density at radius 2 is 1.70 bits per heavy atom. The summed E-state index contributed by atoms with van der Waals surface area (Å²) >= 11 is 0. The average Bonchev–Trinajstić information content (AvgIpc) is 2.75. The summed E-state index contributed by atoms with van der Waals surface area (Å²) in [4.78, 5) is 38.7. The largest absolute Gasteiger partial charge is 0.454 e. The summed E-state index contributed by atoms with van der Waals surface area (Å²) in [6.07, 6.45) is -0.304. The van der Waals surface area contributed by atoms with Gasteiger partial charge in [0.1, 0.15) is 0 Å². The van der Waals surface area contributed by atoms with Crippen LogP contribution in [0.3, 0.4) is 0 Å². The fourth-order valence-electron chi connectivity index (χ4n) is 3.25. The lowest BCUT2D eigenvalue weighted by molar-refractivity contribution is -0.152. The maximum absolute atomic E-state index is 13.3. The van der Waals surface area contributed by atoms with Crippen LogP contribution in [-0.4, -0.2) is 41.9 Å². The van der Waals surface area contributed by atoms with Gasteiger partial charge in [0.05, 0.1) is 5.92 Å². The van der Waals surface area contributed by atoms with Gasteiger partial charge < -0.3 is 15.0 Å². The number of rotatable bonds is 5. The van der Waals surface area contributed by atoms with E-state index in [0.29, 0.717) is 31.6 Å². The van der Waals surface area contributed by atoms with E-state index in [1.807, 2.05) is 18.2 Å². The highest BCUT2D eigenvalue weighted by atomic mass is 19.2. The highest BCUT2D eigenvalue weighted by molar-refractivity contribution is 6.00. The summed E-state index contributed by atoms with van der Waals surface area (Å²) in [5.74, 6) is -3.78. The van der Waals surface area contributed by atoms with Crippen LogP contribution in [0, 0.1) is 17.6 Å². The molecule has 0 bridgehead atoms. The number of ether oxygens (including phenoxy) is 1. The van der Waals surface area contributed by atoms with Crippen molar-refractivity contribution in [2.24, 2.45) is 5.92 Å². The summed E-state index contributed by atoms with van der Waals surface area (Å²) in [6, 6.07) is 11.6. The van der Waals surface area contributed by atoms with Gasteiger partial charge in [0, 0.05) is 24.3 Å². The Kier molecular flexibility index (Phi) is 6.76. The molecule has 0 aromatic heterocycles. The van der Waals surface area contributed by atoms with Gasteiger partial charge in [-0.25, -0.2) is 13.6 Å². The number of nitrogens with one attached hydrogen (secondary N) is 1. The lowest BCUT2D eigenvalue weighted by Gasteiger charge is -2.31. The molecule has 1 saturated heterocycles. The number of carbonyl (C=O) groups is 3. The van der Waals surface area contributed by atoms with E-state index in [2.05, 4.69) is 5.32 Å². The molecule has 1 aliphatic heterocycles. The second-order valence-electron chi connectivity index (χ2n) is 7.13. The van der Waals surface area contributed by atoms with Crippen molar-refractivity contribution in [3.8, 4) is 0 Å². The second kappa shape index (κ2) is 9.47. The number of hydrogen-bond donors (Lipinski definition) is 1. The van der Waals surface area contributed by atoms with E-state index in [-0.39, 0.29) is 11.6 Å². The minimum Gasteiger partial charge on any atom is -0.454 e. The van der Waals surface area contributed by atoms with Gasteiger partial charge in [0.25, 0.3) is 0 Å². The topological polar surface area (TPSA) is 75.7 Å². The fourth-order valence-corrected chi connectivity index (χ4v) is 3.25. The molecule has 2 amide bonds. The zero-order valence-corrected chi connectivity index (χ0v) is 16.4. The van der Waals surface area contributed by atoms with E-state index in [1.165, 1.54) is 6.92 Å². The van der Waals surface area contributed by atoms with Crippen LogP contribution in [0.1, 0.15) is 30.1 Å². The van der Waals surface area contributed by atoms with Gasteiger partial charge in [-0.2, -0.15) is 0 Å². The Bertz CT molecular complexity index is 928. The third-order valence-corrected chi connectivity index (χ3v) is 5.01. The lowest BCUT2D eigenvalue weighted by atomic mass is 9.97. The van der Waals surface area contributed by atoms with Gasteiger partial charge in [-0.05, 0) is 50.1 Å². The van der Waals surface area contributed by atoms with E-state index in [0.717, 1.165) is 18.2 Å². The lowest BCUT2D eigenvalue weighted by Crippen LogP contribution is -2.43. The minimum absolute atomic E-state index is 0.0680. The smallest absolute Gasteiger partial charge is 0.321 e. The monoisotopic (exact) mass is 416 g/mol. The number of piperidine rings is 1. The highest BCUT2D eigenvalue weighted by Gasteiger charge is 2.30. The van der Waals surface area contributed by atoms with Gasteiger partial charge in [0.15, 0.2) is 17.7 Å². The molecule has 1 unspecified atom stereocenters. The molecule has 0 radical (unpaired) electrons. The molecule has 30 heavy (non-hydrogen) atoms. The van der Waals surface area contributed by atoms with Crippen molar-refractivity contribution in [2.45, 2.75) is 25.9 Å². The first-order valence-corrected chi connectivity index (χ1v) is 9.66. The third kappa shape index (κ3) is 5.20. The summed E-state index contributed by atoms with van der Waals surface area (Å²) in [7, 11) is 0. The molecular weight excluding hydrogens is 394 g/mol. The van der Waals surface area contributed by atoms with Crippen LogP contribution in [-0.2, 0) is 9.53 Å². The number of halogens is 2. The molecule has 0 saturated carbocycles. The summed E-state index contributed by atoms with van der Waals surface area (Å²) in [5.41, 5.74) is 0.621. The number of anilines is 1. The minimum atomic E-state index is -1.14. The number of amides is 2. The molecule has 6 nitrogen and oxygen atoms in total. The number of urea groups is 1. The van der Waals surface area contributed by atoms with Crippen LogP contribution in [0.15, 0.2) is 48.5 Å². The third-order valence-electron chi connectivity index (χ3n) is 5.01. The standard InChI is InChI=1S/C22H22F2N2O4/c1-14(20(27)16-7-8-18(23)19(24)13-16)30-21(28)15-9-11-26(12-10-15)22(29)25-17-5-3-2-4-6-17/h2-8,13-15H,9-12H2,1H3,(H,25,29). The first kappa shape index (κ1) is 21.4. The van der Waals surface area contributed by atoms with Crippen molar-refractivity contribution < 1.29 is 27.9 Å². The average molecular weight is 416 g/mol. The number of nitrogens with zero attached hydrogens (tertiary/aromatic N) is 1. The molecule has 2 aromatic rings. The maximum atomic E-state index is 13.3. The Hall–Kier alpha value is -3.29. The Labute approximate surface area is 172 Å². The van der Waals surface area contributed by atoms with Gasteiger partial charge in [-0.3, -0.25) is 9.59 Å². The zero-order chi connectivity index (χ0) is 21.7. The number of carbonyl (C=O) groups excluding carboxylic acids is 3. The first-order chi connectivity index (χ1) is 14.3. The second-order valence-corrected chi connectivity index (χ2v) is 7.13. The number of ketones is 1. The van der Waals surface area contributed by atoms with Crippen LogP contribution in [0.5, 0.6) is 0 Å². The number of hydrogen-bond acceptors (Lipinski definition) is 4. The summed E-state index contributed by atoms with van der Waals surface area (Å²) in [5, 5.41) is 2.80. The molecule has 1 heterocycles. The zero-order valence-electron chi connectivity index (χ0n) is 16.4. The maximum Gasteiger partial charge on any atom is 0.321 e. The Balaban J connectivity index is 1.49. The van der Waals surface area contributed by atoms with Crippen LogP contribution >= 0.6 is 0 Å². The van der Waals surface area contributed by atoms with Crippen LogP contribution in [0.25, 0.3) is 0 Å². The quantitative estimate of drug-likeness (QED) is 0.590. The van der Waals surface area contributed by atoms with Gasteiger partial charge in [-0.15, -0.1) is 0 Å². The number of esters is 1. The highest BCUT2D eigenvalue weighted by Crippen LogP contribution is 2.21. The van der Waals surface area contributed by atoms with Crippen molar-refractivity contribution in [1.29, 1.82) is 0 Å². The predicted molar refractivity (Wildman–Crippen MR) is 106 cm³/mol. The molecule has 8 heteroatoms. The molecule has 0 spiro atoms. The number of likely N-dealkylation sites (tertiary alicyclic amines) is 1. The normalized spacial score (nSPS) is 15.4. The van der Waals surface area contributed by atoms with Crippen molar-refractivity contribution in [1.82, 2.24) is 4.90 Å². The molecule has 1 aliphatic rings. The van der Waals surface area contributed by atoms with Crippen molar-refractivity contribution in [3.05, 3.63) is 65.7 Å². The van der Waals surface area contributed by atoms with Gasteiger partial charge in [-0.1, -0.05) is 18.2 Å². The van der Waals surface area contributed by atoms with Crippen LogP contribution in [0.2, 0.25) is 0 Å². The van der Waals surface area contributed by atoms with Crippen molar-refractivity contribution in [2.75, 3.05) is 18.4 Å². The summed E-state index contributed by atoms with van der Waals surface area (Å²) in [6.45, 7) is 2.15. The van der Waals surface area contributed by atoms with E-state index in [4.69, 9.17) is 4.74 Å². The molecule has 2 aromatic carbocycles. The predicted octanol–water partition coefficient (Wildman–Crippen LogP) is 4.02. The molecule has 1 N–H and O–H groups in total. The molecule has 0 aliphatic carbocycles. The van der Waals surface area contributed by atoms with Gasteiger partial charge >= 0.3 is 12.0 Å². The van der Waals surface area contributed by atoms with Crippen LogP contribution < -0.4 is 5.32 Å². The number of Topliss-reactive ketones (excluding diaryl/α,β-unsaturated/α-hetero) is 1. The fraction of sp³-hybridized carbons (Fsp3) is 0.318. The van der Waals surface area contributed by atoms with E-state index in [9.17, 15) is 23.2 Å². The van der Waals surface area contributed by atoms with Gasteiger partial charge in [0.2, 0.25) is 5.78 Å². The Morgan fingerprint density at radius 3 is 2.33 bits per heavy atom.